The molecule has 0 bridgehead atoms. The van der Waals surface area contributed by atoms with Gasteiger partial charge in [-0.15, -0.1) is 21.5 Å². The minimum atomic E-state index is -0.237. The first-order valence-corrected chi connectivity index (χ1v) is 11.3. The van der Waals surface area contributed by atoms with Gasteiger partial charge >= 0.3 is 0 Å². The largest absolute Gasteiger partial charge is 0.316 e. The van der Waals surface area contributed by atoms with Crippen LogP contribution < -0.4 is 10.9 Å². The lowest BCUT2D eigenvalue weighted by Gasteiger charge is -2.10. The number of amides is 1. The summed E-state index contributed by atoms with van der Waals surface area (Å²) in [6.07, 6.45) is 1.81. The Bertz CT molecular complexity index is 1330. The standard InChI is InChI=1S/C20H18N6O2S2/c1-2-3-9-25-18(28)14-6-4-5-7-15(14)26-19(25)23-24-20(26)30-12-16(27)22-17-13(11-21)8-10-29-17/h4-8,10H,2-3,9,12H2,1H3,(H,22,27). The third-order valence-corrected chi connectivity index (χ3v) is 6.34. The molecule has 8 nitrogen and oxygen atoms in total. The van der Waals surface area contributed by atoms with Gasteiger partial charge in [-0.25, -0.2) is 0 Å². The zero-order valence-electron chi connectivity index (χ0n) is 16.2. The van der Waals surface area contributed by atoms with E-state index in [0.29, 0.717) is 38.9 Å². The van der Waals surface area contributed by atoms with Gasteiger partial charge in [0.1, 0.15) is 11.1 Å². The van der Waals surface area contributed by atoms with Crippen LogP contribution in [0, 0.1) is 11.3 Å². The second-order valence-corrected chi connectivity index (χ2v) is 8.42. The van der Waals surface area contributed by atoms with Crippen LogP contribution in [0.3, 0.4) is 0 Å². The Hall–Kier alpha value is -3.16. The Balaban J connectivity index is 1.67. The number of rotatable bonds is 7. The highest BCUT2D eigenvalue weighted by Gasteiger charge is 2.17. The molecule has 3 heterocycles. The molecule has 0 aliphatic heterocycles. The number of fused-ring (bicyclic) bond motifs is 3. The number of nitrogens with one attached hydrogen (secondary N) is 1. The first kappa shape index (κ1) is 20.1. The highest BCUT2D eigenvalue weighted by molar-refractivity contribution is 7.99. The van der Waals surface area contributed by atoms with E-state index in [0.717, 1.165) is 12.8 Å². The van der Waals surface area contributed by atoms with Crippen LogP contribution in [0.4, 0.5) is 5.00 Å². The van der Waals surface area contributed by atoms with Gasteiger partial charge in [-0.1, -0.05) is 37.2 Å². The van der Waals surface area contributed by atoms with E-state index in [4.69, 9.17) is 5.26 Å². The van der Waals surface area contributed by atoms with Crippen molar-refractivity contribution in [3.05, 3.63) is 51.6 Å². The molecule has 4 rings (SSSR count). The van der Waals surface area contributed by atoms with Gasteiger partial charge in [-0.3, -0.25) is 18.6 Å². The van der Waals surface area contributed by atoms with E-state index in [2.05, 4.69) is 28.5 Å². The second kappa shape index (κ2) is 8.69. The lowest BCUT2D eigenvalue weighted by Crippen LogP contribution is -2.23. The van der Waals surface area contributed by atoms with Crippen molar-refractivity contribution in [2.24, 2.45) is 0 Å². The summed E-state index contributed by atoms with van der Waals surface area (Å²) in [7, 11) is 0. The van der Waals surface area contributed by atoms with Crippen LogP contribution in [0.25, 0.3) is 16.7 Å². The van der Waals surface area contributed by atoms with Crippen LogP contribution in [0.15, 0.2) is 45.7 Å². The molecule has 0 atom stereocenters. The predicted octanol–water partition coefficient (Wildman–Crippen LogP) is 3.51. The van der Waals surface area contributed by atoms with Gasteiger partial charge in [0.25, 0.3) is 5.56 Å². The molecular formula is C20H18N6O2S2. The molecule has 0 saturated heterocycles. The molecule has 4 aromatic rings. The zero-order chi connectivity index (χ0) is 21.1. The van der Waals surface area contributed by atoms with Crippen molar-refractivity contribution in [2.75, 3.05) is 11.1 Å². The topological polar surface area (TPSA) is 105 Å². The highest BCUT2D eigenvalue weighted by Crippen LogP contribution is 2.24. The van der Waals surface area contributed by atoms with Gasteiger partial charge < -0.3 is 5.32 Å². The van der Waals surface area contributed by atoms with E-state index in [9.17, 15) is 9.59 Å². The summed E-state index contributed by atoms with van der Waals surface area (Å²) in [5, 5.41) is 23.7. The van der Waals surface area contributed by atoms with E-state index >= 15 is 0 Å². The van der Waals surface area contributed by atoms with Gasteiger partial charge in [0.05, 0.1) is 22.2 Å². The maximum atomic E-state index is 12.9. The number of aryl methyl sites for hydroxylation is 1. The Kier molecular flexibility index (Phi) is 5.83. The number of hydrogen-bond donors (Lipinski definition) is 1. The summed E-state index contributed by atoms with van der Waals surface area (Å²) in [6.45, 7) is 2.63. The fourth-order valence-electron chi connectivity index (χ4n) is 3.13. The Morgan fingerprint density at radius 2 is 2.13 bits per heavy atom. The number of nitrogens with zero attached hydrogens (tertiary/aromatic N) is 5. The number of carbonyl (C=O) groups excluding carboxylic acids is 1. The summed E-state index contributed by atoms with van der Waals surface area (Å²) in [5.74, 6) is 0.339. The zero-order valence-corrected chi connectivity index (χ0v) is 17.8. The monoisotopic (exact) mass is 438 g/mol. The smallest absolute Gasteiger partial charge is 0.262 e. The summed E-state index contributed by atoms with van der Waals surface area (Å²) in [4.78, 5) is 25.3. The predicted molar refractivity (Wildman–Crippen MR) is 118 cm³/mol. The number of para-hydroxylation sites is 1. The number of unbranched alkanes of at least 4 members (excludes halogenated alkanes) is 1. The van der Waals surface area contributed by atoms with Crippen molar-refractivity contribution in [3.63, 3.8) is 0 Å². The van der Waals surface area contributed by atoms with Crippen molar-refractivity contribution < 1.29 is 4.79 Å². The van der Waals surface area contributed by atoms with Gasteiger partial charge in [-0.2, -0.15) is 5.26 Å². The molecule has 0 saturated carbocycles. The van der Waals surface area contributed by atoms with Crippen molar-refractivity contribution in [1.82, 2.24) is 19.2 Å². The maximum Gasteiger partial charge on any atom is 0.262 e. The Labute approximate surface area is 180 Å². The molecule has 30 heavy (non-hydrogen) atoms. The number of anilines is 1. The average molecular weight is 439 g/mol. The molecule has 1 N–H and O–H groups in total. The maximum absolute atomic E-state index is 12.9. The second-order valence-electron chi connectivity index (χ2n) is 6.56. The number of thiophene rings is 1. The Morgan fingerprint density at radius 1 is 1.30 bits per heavy atom. The quantitative estimate of drug-likeness (QED) is 0.443. The molecular weight excluding hydrogens is 420 g/mol. The van der Waals surface area contributed by atoms with Gasteiger partial charge in [0, 0.05) is 6.54 Å². The van der Waals surface area contributed by atoms with Gasteiger partial charge in [0.15, 0.2) is 5.16 Å². The lowest BCUT2D eigenvalue weighted by molar-refractivity contribution is -0.113. The van der Waals surface area contributed by atoms with Crippen molar-refractivity contribution in [1.29, 1.82) is 5.26 Å². The number of benzene rings is 1. The first-order valence-electron chi connectivity index (χ1n) is 9.41. The van der Waals surface area contributed by atoms with Crippen LogP contribution in [-0.2, 0) is 11.3 Å². The third kappa shape index (κ3) is 3.69. The van der Waals surface area contributed by atoms with Crippen molar-refractivity contribution in [2.45, 2.75) is 31.5 Å². The number of aromatic nitrogens is 4. The molecule has 0 radical (unpaired) electrons. The fourth-order valence-corrected chi connectivity index (χ4v) is 4.63. The first-order chi connectivity index (χ1) is 14.6. The lowest BCUT2D eigenvalue weighted by atomic mass is 10.2. The molecule has 0 aliphatic carbocycles. The average Bonchev–Trinajstić information content (AvgIpc) is 3.39. The van der Waals surface area contributed by atoms with Crippen LogP contribution in [-0.4, -0.2) is 30.8 Å². The Morgan fingerprint density at radius 3 is 2.93 bits per heavy atom. The molecule has 1 amide bonds. The number of hydrogen-bond acceptors (Lipinski definition) is 7. The van der Waals surface area contributed by atoms with Gasteiger partial charge in [-0.05, 0) is 30.0 Å². The SMILES string of the molecule is CCCCn1c(=O)c2ccccc2n2c(SCC(=O)Nc3sccc3C#N)nnc12. The van der Waals surface area contributed by atoms with E-state index < -0.39 is 0 Å². The number of carbonyl (C=O) groups is 1. The molecule has 152 valence electrons. The molecule has 0 unspecified atom stereocenters. The summed E-state index contributed by atoms with van der Waals surface area (Å²) in [6, 6.07) is 11.1. The summed E-state index contributed by atoms with van der Waals surface area (Å²) < 4.78 is 3.48. The fraction of sp³-hybridized carbons (Fsp3) is 0.250. The van der Waals surface area contributed by atoms with E-state index in [1.165, 1.54) is 23.1 Å². The van der Waals surface area contributed by atoms with Crippen molar-refractivity contribution >= 4 is 50.7 Å². The van der Waals surface area contributed by atoms with Crippen molar-refractivity contribution in [3.8, 4) is 6.07 Å². The van der Waals surface area contributed by atoms with Crippen LogP contribution in [0.5, 0.6) is 0 Å². The molecule has 3 aromatic heterocycles. The van der Waals surface area contributed by atoms with Crippen LogP contribution in [0.1, 0.15) is 25.3 Å². The highest BCUT2D eigenvalue weighted by atomic mass is 32.2. The van der Waals surface area contributed by atoms with Crippen LogP contribution >= 0.6 is 23.1 Å². The minimum Gasteiger partial charge on any atom is -0.316 e. The number of thioether (sulfide) groups is 1. The molecule has 0 spiro atoms. The molecule has 1 aromatic carbocycles. The van der Waals surface area contributed by atoms with Crippen LogP contribution in [0.2, 0.25) is 0 Å². The normalized spacial score (nSPS) is 11.1. The van der Waals surface area contributed by atoms with Gasteiger partial charge in [0.2, 0.25) is 11.7 Å². The van der Waals surface area contributed by atoms with E-state index in [1.807, 2.05) is 22.6 Å². The molecule has 0 aliphatic rings. The third-order valence-electron chi connectivity index (χ3n) is 4.58. The minimum absolute atomic E-state index is 0.0880. The number of nitriles is 1. The van der Waals surface area contributed by atoms with E-state index in [1.54, 1.807) is 22.1 Å². The summed E-state index contributed by atoms with van der Waals surface area (Å²) in [5.41, 5.74) is 1.07. The summed E-state index contributed by atoms with van der Waals surface area (Å²) >= 11 is 2.54. The molecule has 10 heteroatoms. The van der Waals surface area contributed by atoms with E-state index in [-0.39, 0.29) is 17.2 Å². The molecule has 0 fully saturated rings.